The molecule has 0 bridgehead atoms. The van der Waals surface area contributed by atoms with Crippen LogP contribution >= 0.6 is 0 Å². The van der Waals surface area contributed by atoms with Gasteiger partial charge in [-0.1, -0.05) is 94.1 Å². The SMILES string of the molecule is CCCCCn1c(=O)c2c(ncn2[C@@H]2O[C@H](COC(=O)c3ccccc3)[C@@H](OC(=O)c3ccccc3)[C@H]2OC(=O)c2ccccc2)n(CCCCC)c1=O. The molecule has 13 heteroatoms. The molecule has 6 rings (SSSR count). The van der Waals surface area contributed by atoms with Crippen molar-refractivity contribution in [2.45, 2.75) is 90.0 Å². The number of carbonyl (C=O) groups is 3. The Morgan fingerprint density at radius 3 is 1.70 bits per heavy atom. The van der Waals surface area contributed by atoms with Gasteiger partial charge in [0.05, 0.1) is 16.7 Å². The molecule has 5 aromatic rings. The first-order valence-corrected chi connectivity index (χ1v) is 18.4. The number of benzene rings is 3. The summed E-state index contributed by atoms with van der Waals surface area (Å²) >= 11 is 0. The first-order chi connectivity index (χ1) is 26.3. The lowest BCUT2D eigenvalue weighted by molar-refractivity contribution is -0.0605. The Morgan fingerprint density at radius 2 is 1.17 bits per heavy atom. The number of hydrogen-bond acceptors (Lipinski definition) is 10. The van der Waals surface area contributed by atoms with Crippen molar-refractivity contribution in [1.82, 2.24) is 18.7 Å². The number of fused-ring (bicyclic) bond motifs is 1. The summed E-state index contributed by atoms with van der Waals surface area (Å²) in [5, 5.41) is 0. The molecule has 0 aliphatic carbocycles. The Labute approximate surface area is 312 Å². The van der Waals surface area contributed by atoms with Gasteiger partial charge in [-0.25, -0.2) is 24.2 Å². The van der Waals surface area contributed by atoms with Crippen LogP contribution in [0, 0.1) is 0 Å². The third-order valence-electron chi connectivity index (χ3n) is 9.36. The molecule has 2 aromatic heterocycles. The zero-order valence-corrected chi connectivity index (χ0v) is 30.4. The van der Waals surface area contributed by atoms with Gasteiger partial charge in [-0.05, 0) is 49.2 Å². The molecule has 0 radical (unpaired) electrons. The zero-order valence-electron chi connectivity index (χ0n) is 30.4. The van der Waals surface area contributed by atoms with Gasteiger partial charge in [0.25, 0.3) is 5.56 Å². The van der Waals surface area contributed by atoms with Gasteiger partial charge in [0.2, 0.25) is 0 Å². The molecular formula is C41H44N4O9. The molecule has 282 valence electrons. The van der Waals surface area contributed by atoms with Crippen molar-refractivity contribution in [3.05, 3.63) is 135 Å². The highest BCUT2D eigenvalue weighted by Gasteiger charge is 2.52. The van der Waals surface area contributed by atoms with E-state index in [0.29, 0.717) is 24.9 Å². The molecule has 13 nitrogen and oxygen atoms in total. The lowest BCUT2D eigenvalue weighted by Gasteiger charge is -2.25. The van der Waals surface area contributed by atoms with Gasteiger partial charge < -0.3 is 18.9 Å². The fourth-order valence-corrected chi connectivity index (χ4v) is 6.52. The zero-order chi connectivity index (χ0) is 38.0. The molecule has 1 aliphatic rings. The van der Waals surface area contributed by atoms with Crippen molar-refractivity contribution >= 4 is 29.1 Å². The number of ether oxygens (including phenoxy) is 4. The minimum atomic E-state index is -1.36. The van der Waals surface area contributed by atoms with E-state index in [2.05, 4.69) is 11.9 Å². The van der Waals surface area contributed by atoms with Crippen molar-refractivity contribution in [3.8, 4) is 0 Å². The van der Waals surface area contributed by atoms with Crippen molar-refractivity contribution < 1.29 is 33.3 Å². The molecule has 3 aromatic carbocycles. The number of nitrogens with zero attached hydrogens (tertiary/aromatic N) is 4. The van der Waals surface area contributed by atoms with E-state index in [4.69, 9.17) is 18.9 Å². The summed E-state index contributed by atoms with van der Waals surface area (Å²) in [6.07, 6.45) is 1.02. The number of rotatable bonds is 16. The van der Waals surface area contributed by atoms with E-state index in [1.807, 2.05) is 6.92 Å². The standard InChI is InChI=1S/C41H44N4O9/c1-3-5-16-24-43-35-32(36(46)44(41(43)50)25-17-6-4-2)45(27-42-35)37-34(54-40(49)30-22-14-9-15-23-30)33(53-39(48)29-20-12-8-13-21-29)31(52-37)26-51-38(47)28-18-10-7-11-19-28/h7-15,18-23,27,31,33-34,37H,3-6,16-17,24-26H2,1-2H3/t31-,33-,34-,37-/m1/s1. The normalized spacial score (nSPS) is 18.0. The molecule has 4 atom stereocenters. The summed E-state index contributed by atoms with van der Waals surface area (Å²) in [4.78, 5) is 73.0. The van der Waals surface area contributed by atoms with Gasteiger partial charge in [-0.2, -0.15) is 0 Å². The highest BCUT2D eigenvalue weighted by Crippen LogP contribution is 2.36. The van der Waals surface area contributed by atoms with E-state index in [9.17, 15) is 24.0 Å². The van der Waals surface area contributed by atoms with Crippen molar-refractivity contribution in [2.75, 3.05) is 6.61 Å². The molecule has 1 saturated heterocycles. The number of carbonyl (C=O) groups excluding carboxylic acids is 3. The Morgan fingerprint density at radius 1 is 0.667 bits per heavy atom. The molecule has 54 heavy (non-hydrogen) atoms. The van der Waals surface area contributed by atoms with Crippen LogP contribution in [-0.4, -0.2) is 61.5 Å². The van der Waals surface area contributed by atoms with Crippen LogP contribution in [0.3, 0.4) is 0 Å². The van der Waals surface area contributed by atoms with Crippen LogP contribution in [-0.2, 0) is 32.0 Å². The highest BCUT2D eigenvalue weighted by molar-refractivity contribution is 5.91. The van der Waals surface area contributed by atoms with E-state index in [0.717, 1.165) is 25.7 Å². The first-order valence-electron chi connectivity index (χ1n) is 18.4. The van der Waals surface area contributed by atoms with Crippen LogP contribution in [0.25, 0.3) is 11.2 Å². The topological polar surface area (TPSA) is 150 Å². The molecule has 1 fully saturated rings. The first kappa shape index (κ1) is 37.9. The number of unbranched alkanes of at least 4 members (excludes halogenated alkanes) is 4. The van der Waals surface area contributed by atoms with Gasteiger partial charge in [0.15, 0.2) is 29.6 Å². The predicted molar refractivity (Wildman–Crippen MR) is 199 cm³/mol. The molecule has 0 amide bonds. The third kappa shape index (κ3) is 8.36. The highest BCUT2D eigenvalue weighted by atomic mass is 16.7. The van der Waals surface area contributed by atoms with Crippen molar-refractivity contribution in [1.29, 1.82) is 0 Å². The molecular weight excluding hydrogens is 692 g/mol. The molecule has 0 spiro atoms. The summed E-state index contributed by atoms with van der Waals surface area (Å²) in [6, 6.07) is 24.9. The Hall–Kier alpha value is -5.82. The van der Waals surface area contributed by atoms with Gasteiger partial charge in [0, 0.05) is 13.1 Å². The van der Waals surface area contributed by atoms with Gasteiger partial charge in [0.1, 0.15) is 19.0 Å². The summed E-state index contributed by atoms with van der Waals surface area (Å²) in [7, 11) is 0. The summed E-state index contributed by atoms with van der Waals surface area (Å²) < 4.78 is 28.5. The maximum Gasteiger partial charge on any atom is 0.338 e. The van der Waals surface area contributed by atoms with Crippen LogP contribution in [0.1, 0.15) is 89.7 Å². The molecule has 0 N–H and O–H groups in total. The number of imidazole rings is 1. The average Bonchev–Trinajstić information content (AvgIpc) is 3.79. The van der Waals surface area contributed by atoms with Gasteiger partial charge in [-0.15, -0.1) is 0 Å². The van der Waals surface area contributed by atoms with Crippen LogP contribution in [0.2, 0.25) is 0 Å². The average molecular weight is 737 g/mol. The maximum atomic E-state index is 14.3. The second-order valence-corrected chi connectivity index (χ2v) is 13.1. The molecule has 0 saturated carbocycles. The summed E-state index contributed by atoms with van der Waals surface area (Å²) in [5.74, 6) is -2.12. The lowest BCUT2D eigenvalue weighted by atomic mass is 10.1. The van der Waals surface area contributed by atoms with E-state index in [-0.39, 0.29) is 28.8 Å². The molecule has 0 unspecified atom stereocenters. The van der Waals surface area contributed by atoms with E-state index >= 15 is 0 Å². The third-order valence-corrected chi connectivity index (χ3v) is 9.36. The fourth-order valence-electron chi connectivity index (χ4n) is 6.52. The fraction of sp³-hybridized carbons (Fsp3) is 0.366. The lowest BCUT2D eigenvalue weighted by Crippen LogP contribution is -2.42. The minimum Gasteiger partial charge on any atom is -0.459 e. The Bertz CT molecular complexity index is 2160. The second kappa shape index (κ2) is 17.8. The number of hydrogen-bond donors (Lipinski definition) is 0. The number of aryl methyl sites for hydroxylation is 1. The smallest absolute Gasteiger partial charge is 0.338 e. The van der Waals surface area contributed by atoms with Crippen LogP contribution in [0.5, 0.6) is 0 Å². The van der Waals surface area contributed by atoms with Crippen molar-refractivity contribution in [2.24, 2.45) is 0 Å². The van der Waals surface area contributed by atoms with Crippen LogP contribution < -0.4 is 11.2 Å². The van der Waals surface area contributed by atoms with Crippen LogP contribution in [0.15, 0.2) is 107 Å². The predicted octanol–water partition coefficient (Wildman–Crippen LogP) is 5.95. The quantitative estimate of drug-likeness (QED) is 0.0676. The van der Waals surface area contributed by atoms with Crippen LogP contribution in [0.4, 0.5) is 0 Å². The Kier molecular flexibility index (Phi) is 12.5. The van der Waals surface area contributed by atoms with Crippen molar-refractivity contribution in [3.63, 3.8) is 0 Å². The minimum absolute atomic E-state index is 0.0587. The number of esters is 3. The number of aromatic nitrogens is 4. The summed E-state index contributed by atoms with van der Waals surface area (Å²) in [6.45, 7) is 4.23. The maximum absolute atomic E-state index is 14.3. The largest absolute Gasteiger partial charge is 0.459 e. The second-order valence-electron chi connectivity index (χ2n) is 13.1. The van der Waals surface area contributed by atoms with Gasteiger partial charge >= 0.3 is 23.6 Å². The molecule has 1 aliphatic heterocycles. The monoisotopic (exact) mass is 736 g/mol. The summed E-state index contributed by atoms with van der Waals surface area (Å²) in [5.41, 5.74) is -0.0734. The van der Waals surface area contributed by atoms with E-state index in [1.165, 1.54) is 20.0 Å². The van der Waals surface area contributed by atoms with E-state index < -0.39 is 60.3 Å². The Balaban J connectivity index is 1.46. The molecule has 3 heterocycles. The van der Waals surface area contributed by atoms with E-state index in [1.54, 1.807) is 91.0 Å². The van der Waals surface area contributed by atoms with Gasteiger partial charge in [-0.3, -0.25) is 18.5 Å².